The van der Waals surface area contributed by atoms with E-state index in [0.717, 1.165) is 22.2 Å². The molecule has 4 nitrogen and oxygen atoms in total. The SMILES string of the molecule is CC(=O)Oc1ccccc1C(=O)Sc1ccc(CO)cc1. The largest absolute Gasteiger partial charge is 0.426 e. The van der Waals surface area contributed by atoms with Gasteiger partial charge in [0.2, 0.25) is 5.12 Å². The highest BCUT2D eigenvalue weighted by atomic mass is 32.2. The molecular formula is C16H14O4S. The summed E-state index contributed by atoms with van der Waals surface area (Å²) in [4.78, 5) is 24.1. The second-order valence-corrected chi connectivity index (χ2v) is 5.33. The molecule has 0 fully saturated rings. The lowest BCUT2D eigenvalue weighted by molar-refractivity contribution is -0.131. The number of thioether (sulfide) groups is 1. The zero-order valence-corrected chi connectivity index (χ0v) is 12.2. The molecule has 0 aliphatic carbocycles. The second-order valence-electron chi connectivity index (χ2n) is 4.28. The fourth-order valence-electron chi connectivity index (χ4n) is 1.70. The van der Waals surface area contributed by atoms with Crippen molar-refractivity contribution in [3.63, 3.8) is 0 Å². The molecule has 0 saturated heterocycles. The van der Waals surface area contributed by atoms with Gasteiger partial charge >= 0.3 is 5.97 Å². The molecule has 21 heavy (non-hydrogen) atoms. The van der Waals surface area contributed by atoms with Gasteiger partial charge in [-0.05, 0) is 41.6 Å². The van der Waals surface area contributed by atoms with Gasteiger partial charge in [0.15, 0.2) is 0 Å². The van der Waals surface area contributed by atoms with E-state index in [1.54, 1.807) is 48.5 Å². The van der Waals surface area contributed by atoms with Crippen LogP contribution in [0.3, 0.4) is 0 Å². The van der Waals surface area contributed by atoms with E-state index in [0.29, 0.717) is 5.56 Å². The first-order valence-corrected chi connectivity index (χ1v) is 7.11. The normalized spacial score (nSPS) is 10.2. The van der Waals surface area contributed by atoms with Crippen molar-refractivity contribution in [1.82, 2.24) is 0 Å². The summed E-state index contributed by atoms with van der Waals surface area (Å²) in [6.07, 6.45) is 0. The van der Waals surface area contributed by atoms with Crippen LogP contribution >= 0.6 is 11.8 Å². The fourth-order valence-corrected chi connectivity index (χ4v) is 2.47. The molecule has 2 aromatic carbocycles. The van der Waals surface area contributed by atoms with Crippen molar-refractivity contribution in [2.75, 3.05) is 0 Å². The molecule has 5 heteroatoms. The van der Waals surface area contributed by atoms with Crippen molar-refractivity contribution >= 4 is 22.8 Å². The molecule has 0 saturated carbocycles. The van der Waals surface area contributed by atoms with Crippen LogP contribution in [0.15, 0.2) is 53.4 Å². The van der Waals surface area contributed by atoms with Gasteiger partial charge in [-0.15, -0.1) is 0 Å². The number of hydrogen-bond acceptors (Lipinski definition) is 5. The summed E-state index contributed by atoms with van der Waals surface area (Å²) < 4.78 is 5.03. The summed E-state index contributed by atoms with van der Waals surface area (Å²) in [6, 6.07) is 13.7. The van der Waals surface area contributed by atoms with Crippen molar-refractivity contribution in [1.29, 1.82) is 0 Å². The summed E-state index contributed by atoms with van der Waals surface area (Å²) in [6.45, 7) is 1.26. The zero-order chi connectivity index (χ0) is 15.2. The number of para-hydroxylation sites is 1. The molecule has 0 unspecified atom stereocenters. The van der Waals surface area contributed by atoms with Crippen molar-refractivity contribution in [3.8, 4) is 5.75 Å². The van der Waals surface area contributed by atoms with Crippen molar-refractivity contribution in [2.24, 2.45) is 0 Å². The Bertz CT molecular complexity index is 650. The third-order valence-corrected chi connectivity index (χ3v) is 3.59. The predicted molar refractivity (Wildman–Crippen MR) is 80.3 cm³/mol. The maximum atomic E-state index is 12.3. The van der Waals surface area contributed by atoms with Gasteiger partial charge < -0.3 is 9.84 Å². The molecule has 0 aliphatic heterocycles. The Morgan fingerprint density at radius 3 is 2.38 bits per heavy atom. The third kappa shape index (κ3) is 4.18. The molecule has 108 valence electrons. The number of esters is 1. The molecule has 0 heterocycles. The van der Waals surface area contributed by atoms with Crippen molar-refractivity contribution < 1.29 is 19.4 Å². The van der Waals surface area contributed by atoms with Gasteiger partial charge in [0.05, 0.1) is 12.2 Å². The van der Waals surface area contributed by atoms with Gasteiger partial charge in [-0.2, -0.15) is 0 Å². The quantitative estimate of drug-likeness (QED) is 0.534. The van der Waals surface area contributed by atoms with Gasteiger partial charge in [0.25, 0.3) is 0 Å². The van der Waals surface area contributed by atoms with E-state index in [2.05, 4.69) is 0 Å². The smallest absolute Gasteiger partial charge is 0.308 e. The summed E-state index contributed by atoms with van der Waals surface area (Å²) in [7, 11) is 0. The Balaban J connectivity index is 2.17. The lowest BCUT2D eigenvalue weighted by Gasteiger charge is -2.07. The minimum Gasteiger partial charge on any atom is -0.426 e. The van der Waals surface area contributed by atoms with E-state index in [1.807, 2.05) is 0 Å². The highest BCUT2D eigenvalue weighted by Gasteiger charge is 2.14. The highest BCUT2D eigenvalue weighted by molar-refractivity contribution is 8.14. The number of rotatable bonds is 4. The number of ether oxygens (including phenoxy) is 1. The van der Waals surface area contributed by atoms with Crippen LogP contribution in [0.5, 0.6) is 5.75 Å². The van der Waals surface area contributed by atoms with Gasteiger partial charge in [-0.1, -0.05) is 24.3 Å². The van der Waals surface area contributed by atoms with E-state index in [-0.39, 0.29) is 17.5 Å². The Kier molecular flexibility index (Phi) is 5.14. The Morgan fingerprint density at radius 2 is 1.76 bits per heavy atom. The molecule has 2 rings (SSSR count). The number of benzene rings is 2. The lowest BCUT2D eigenvalue weighted by Crippen LogP contribution is -2.06. The minimum atomic E-state index is -0.465. The average Bonchev–Trinajstić information content (AvgIpc) is 2.48. The number of carbonyl (C=O) groups excluding carboxylic acids is 2. The highest BCUT2D eigenvalue weighted by Crippen LogP contribution is 2.28. The Hall–Kier alpha value is -2.11. The maximum absolute atomic E-state index is 12.3. The zero-order valence-electron chi connectivity index (χ0n) is 11.4. The molecule has 0 atom stereocenters. The van der Waals surface area contributed by atoms with Crippen molar-refractivity contribution in [3.05, 3.63) is 59.7 Å². The molecule has 2 aromatic rings. The van der Waals surface area contributed by atoms with E-state index in [9.17, 15) is 9.59 Å². The number of carbonyl (C=O) groups is 2. The van der Waals surface area contributed by atoms with Crippen LogP contribution in [-0.4, -0.2) is 16.2 Å². The van der Waals surface area contributed by atoms with Crippen LogP contribution in [0.1, 0.15) is 22.8 Å². The number of aliphatic hydroxyl groups excluding tert-OH is 1. The van der Waals surface area contributed by atoms with E-state index < -0.39 is 5.97 Å². The van der Waals surface area contributed by atoms with Crippen LogP contribution in [0, 0.1) is 0 Å². The maximum Gasteiger partial charge on any atom is 0.308 e. The van der Waals surface area contributed by atoms with Gasteiger partial charge in [0, 0.05) is 11.8 Å². The minimum absolute atomic E-state index is 0.0336. The number of hydrogen-bond donors (Lipinski definition) is 1. The predicted octanol–water partition coefficient (Wildman–Crippen LogP) is 3.04. The first-order chi connectivity index (χ1) is 10.1. The molecule has 0 amide bonds. The van der Waals surface area contributed by atoms with Crippen LogP contribution < -0.4 is 4.74 Å². The summed E-state index contributed by atoms with van der Waals surface area (Å²) >= 11 is 1.05. The van der Waals surface area contributed by atoms with Crippen LogP contribution in [0.2, 0.25) is 0 Å². The second kappa shape index (κ2) is 7.06. The molecule has 1 N–H and O–H groups in total. The molecule has 0 radical (unpaired) electrons. The standard InChI is InChI=1S/C16H14O4S/c1-11(18)20-15-5-3-2-4-14(15)16(19)21-13-8-6-12(10-17)7-9-13/h2-9,17H,10H2,1H3. The third-order valence-electron chi connectivity index (χ3n) is 2.68. The van der Waals surface area contributed by atoms with Gasteiger partial charge in [0.1, 0.15) is 5.75 Å². The Labute approximate surface area is 126 Å². The lowest BCUT2D eigenvalue weighted by atomic mass is 10.2. The first-order valence-electron chi connectivity index (χ1n) is 6.29. The summed E-state index contributed by atoms with van der Waals surface area (Å²) in [5.74, 6) is -0.206. The van der Waals surface area contributed by atoms with E-state index in [1.165, 1.54) is 6.92 Å². The number of aliphatic hydroxyl groups is 1. The molecule has 0 bridgehead atoms. The van der Waals surface area contributed by atoms with E-state index >= 15 is 0 Å². The molecule has 0 aliphatic rings. The van der Waals surface area contributed by atoms with Crippen molar-refractivity contribution in [2.45, 2.75) is 18.4 Å². The fraction of sp³-hybridized carbons (Fsp3) is 0.125. The van der Waals surface area contributed by atoms with Crippen LogP contribution in [0.4, 0.5) is 0 Å². The molecule has 0 spiro atoms. The van der Waals surface area contributed by atoms with Crippen LogP contribution in [0.25, 0.3) is 0 Å². The van der Waals surface area contributed by atoms with Crippen LogP contribution in [-0.2, 0) is 11.4 Å². The molecular weight excluding hydrogens is 288 g/mol. The topological polar surface area (TPSA) is 63.6 Å². The Morgan fingerprint density at radius 1 is 1.10 bits per heavy atom. The summed E-state index contributed by atoms with van der Waals surface area (Å²) in [5, 5.41) is 8.78. The monoisotopic (exact) mass is 302 g/mol. The van der Waals surface area contributed by atoms with Gasteiger partial charge in [-0.25, -0.2) is 0 Å². The van der Waals surface area contributed by atoms with E-state index in [4.69, 9.17) is 9.84 Å². The summed E-state index contributed by atoms with van der Waals surface area (Å²) in [5.41, 5.74) is 1.14. The first kappa shape index (κ1) is 15.3. The van der Waals surface area contributed by atoms with Gasteiger partial charge in [-0.3, -0.25) is 9.59 Å². The average molecular weight is 302 g/mol. The molecule has 0 aromatic heterocycles.